The van der Waals surface area contributed by atoms with Gasteiger partial charge in [0.05, 0.1) is 6.61 Å². The molecule has 0 bridgehead atoms. The fourth-order valence-corrected chi connectivity index (χ4v) is 3.25. The van der Waals surface area contributed by atoms with Gasteiger partial charge in [-0.25, -0.2) is 0 Å². The molecule has 0 aromatic carbocycles. The average molecular weight is 250 g/mol. The molecule has 0 aromatic rings. The molecular weight excluding hydrogens is 228 g/mol. The highest BCUT2D eigenvalue weighted by Gasteiger charge is 2.53. The van der Waals surface area contributed by atoms with Gasteiger partial charge in [0.1, 0.15) is 12.2 Å². The molecule has 2 atom stereocenters. The third-order valence-electron chi connectivity index (χ3n) is 4.01. The van der Waals surface area contributed by atoms with Gasteiger partial charge in [-0.05, 0) is 56.3 Å². The lowest BCUT2D eigenvalue weighted by atomic mass is 9.75. The van der Waals surface area contributed by atoms with E-state index in [0.717, 1.165) is 0 Å². The SMILES string of the molecule is COCC1=C(C2=CCCCC2)C2OC(C)(C)OC12. The first-order valence-corrected chi connectivity index (χ1v) is 6.89. The molecule has 3 heteroatoms. The van der Waals surface area contributed by atoms with Crippen molar-refractivity contribution in [3.63, 3.8) is 0 Å². The number of rotatable bonds is 3. The van der Waals surface area contributed by atoms with Crippen LogP contribution in [-0.4, -0.2) is 31.7 Å². The van der Waals surface area contributed by atoms with Gasteiger partial charge in [0.15, 0.2) is 5.79 Å². The number of ether oxygens (including phenoxy) is 3. The predicted molar refractivity (Wildman–Crippen MR) is 69.3 cm³/mol. The molecule has 1 fully saturated rings. The smallest absolute Gasteiger partial charge is 0.164 e. The molecule has 3 rings (SSSR count). The Kier molecular flexibility index (Phi) is 3.08. The molecule has 2 aliphatic carbocycles. The summed E-state index contributed by atoms with van der Waals surface area (Å²) in [6.07, 6.45) is 7.59. The second kappa shape index (κ2) is 4.48. The highest BCUT2D eigenvalue weighted by atomic mass is 16.8. The summed E-state index contributed by atoms with van der Waals surface area (Å²) in [5.74, 6) is -0.467. The molecule has 0 radical (unpaired) electrons. The Morgan fingerprint density at radius 3 is 2.72 bits per heavy atom. The molecule has 0 spiro atoms. The molecule has 3 aliphatic rings. The van der Waals surface area contributed by atoms with Gasteiger partial charge in [-0.1, -0.05) is 6.08 Å². The summed E-state index contributed by atoms with van der Waals surface area (Å²) in [5.41, 5.74) is 4.13. The van der Waals surface area contributed by atoms with Crippen LogP contribution in [0.4, 0.5) is 0 Å². The molecule has 18 heavy (non-hydrogen) atoms. The van der Waals surface area contributed by atoms with Crippen LogP contribution in [0.3, 0.4) is 0 Å². The van der Waals surface area contributed by atoms with Gasteiger partial charge < -0.3 is 14.2 Å². The van der Waals surface area contributed by atoms with Gasteiger partial charge >= 0.3 is 0 Å². The lowest BCUT2D eigenvalue weighted by molar-refractivity contribution is -0.137. The summed E-state index contributed by atoms with van der Waals surface area (Å²) in [6.45, 7) is 4.64. The van der Waals surface area contributed by atoms with Crippen LogP contribution in [0.25, 0.3) is 0 Å². The summed E-state index contributed by atoms with van der Waals surface area (Å²) < 4.78 is 17.3. The van der Waals surface area contributed by atoms with E-state index in [-0.39, 0.29) is 12.2 Å². The number of fused-ring (bicyclic) bond motifs is 1. The molecule has 1 saturated heterocycles. The van der Waals surface area contributed by atoms with Crippen LogP contribution < -0.4 is 0 Å². The molecule has 3 nitrogen and oxygen atoms in total. The third kappa shape index (κ3) is 1.94. The molecule has 0 aromatic heterocycles. The van der Waals surface area contributed by atoms with Crippen molar-refractivity contribution >= 4 is 0 Å². The largest absolute Gasteiger partial charge is 0.380 e. The predicted octanol–water partition coefficient (Wildman–Crippen LogP) is 2.96. The van der Waals surface area contributed by atoms with Gasteiger partial charge in [0.25, 0.3) is 0 Å². The summed E-state index contributed by atoms with van der Waals surface area (Å²) in [6, 6.07) is 0. The van der Waals surface area contributed by atoms with Crippen molar-refractivity contribution in [3.8, 4) is 0 Å². The van der Waals surface area contributed by atoms with Crippen molar-refractivity contribution in [2.45, 2.75) is 57.5 Å². The van der Waals surface area contributed by atoms with Crippen LogP contribution in [0.2, 0.25) is 0 Å². The highest BCUT2D eigenvalue weighted by Crippen LogP contribution is 2.48. The van der Waals surface area contributed by atoms with E-state index < -0.39 is 5.79 Å². The maximum absolute atomic E-state index is 6.01. The Labute approximate surface area is 109 Å². The minimum atomic E-state index is -0.467. The minimum absolute atomic E-state index is 0.109. The third-order valence-corrected chi connectivity index (χ3v) is 4.01. The van der Waals surface area contributed by atoms with Crippen LogP contribution in [0.5, 0.6) is 0 Å². The topological polar surface area (TPSA) is 27.7 Å². The second-order valence-electron chi connectivity index (χ2n) is 5.82. The zero-order chi connectivity index (χ0) is 12.8. The van der Waals surface area contributed by atoms with Gasteiger partial charge in [0.2, 0.25) is 0 Å². The Balaban J connectivity index is 1.87. The van der Waals surface area contributed by atoms with Gasteiger partial charge in [0, 0.05) is 7.11 Å². The van der Waals surface area contributed by atoms with Crippen LogP contribution >= 0.6 is 0 Å². The van der Waals surface area contributed by atoms with E-state index in [2.05, 4.69) is 6.08 Å². The Morgan fingerprint density at radius 2 is 2.06 bits per heavy atom. The molecular formula is C15H22O3. The second-order valence-corrected chi connectivity index (χ2v) is 5.82. The number of allylic oxidation sites excluding steroid dienone is 1. The van der Waals surface area contributed by atoms with E-state index in [1.165, 1.54) is 42.4 Å². The summed E-state index contributed by atoms with van der Waals surface area (Å²) in [7, 11) is 1.74. The van der Waals surface area contributed by atoms with Crippen molar-refractivity contribution in [2.75, 3.05) is 13.7 Å². The van der Waals surface area contributed by atoms with Crippen molar-refractivity contribution < 1.29 is 14.2 Å². The number of hydrogen-bond acceptors (Lipinski definition) is 3. The van der Waals surface area contributed by atoms with Gasteiger partial charge in [-0.3, -0.25) is 0 Å². The first kappa shape index (κ1) is 12.4. The average Bonchev–Trinajstić information content (AvgIpc) is 2.61. The lowest BCUT2D eigenvalue weighted by Gasteiger charge is -2.36. The van der Waals surface area contributed by atoms with E-state index in [9.17, 15) is 0 Å². The lowest BCUT2D eigenvalue weighted by Crippen LogP contribution is -2.41. The summed E-state index contributed by atoms with van der Waals surface area (Å²) >= 11 is 0. The molecule has 100 valence electrons. The summed E-state index contributed by atoms with van der Waals surface area (Å²) in [5, 5.41) is 0. The normalized spacial score (nSPS) is 34.1. The van der Waals surface area contributed by atoms with Crippen LogP contribution in [0.1, 0.15) is 39.5 Å². The van der Waals surface area contributed by atoms with E-state index in [4.69, 9.17) is 14.2 Å². The van der Waals surface area contributed by atoms with Crippen LogP contribution in [-0.2, 0) is 14.2 Å². The highest BCUT2D eigenvalue weighted by molar-refractivity contribution is 5.51. The van der Waals surface area contributed by atoms with Crippen LogP contribution in [0.15, 0.2) is 22.8 Å². The number of hydrogen-bond donors (Lipinski definition) is 0. The minimum Gasteiger partial charge on any atom is -0.380 e. The number of methoxy groups -OCH3 is 1. The zero-order valence-corrected chi connectivity index (χ0v) is 11.5. The monoisotopic (exact) mass is 250 g/mol. The van der Waals surface area contributed by atoms with Crippen LogP contribution in [0, 0.1) is 0 Å². The Morgan fingerprint density at radius 1 is 1.28 bits per heavy atom. The fourth-order valence-electron chi connectivity index (χ4n) is 3.25. The first-order valence-electron chi connectivity index (χ1n) is 6.89. The van der Waals surface area contributed by atoms with E-state index in [1.807, 2.05) is 13.8 Å². The zero-order valence-electron chi connectivity index (χ0n) is 11.5. The fraction of sp³-hybridized carbons (Fsp3) is 0.733. The molecule has 2 unspecified atom stereocenters. The molecule has 1 aliphatic heterocycles. The van der Waals surface area contributed by atoms with Crippen molar-refractivity contribution in [3.05, 3.63) is 22.8 Å². The molecule has 0 amide bonds. The maximum atomic E-state index is 6.01. The molecule has 0 N–H and O–H groups in total. The molecule has 1 heterocycles. The summed E-state index contributed by atoms with van der Waals surface area (Å²) in [4.78, 5) is 0. The van der Waals surface area contributed by atoms with E-state index in [0.29, 0.717) is 6.61 Å². The van der Waals surface area contributed by atoms with Gasteiger partial charge in [-0.15, -0.1) is 0 Å². The Hall–Kier alpha value is -0.640. The van der Waals surface area contributed by atoms with Crippen molar-refractivity contribution in [2.24, 2.45) is 0 Å². The quantitative estimate of drug-likeness (QED) is 0.770. The molecule has 0 saturated carbocycles. The Bertz CT molecular complexity index is 406. The van der Waals surface area contributed by atoms with Crippen molar-refractivity contribution in [1.29, 1.82) is 0 Å². The maximum Gasteiger partial charge on any atom is 0.164 e. The van der Waals surface area contributed by atoms with E-state index >= 15 is 0 Å². The van der Waals surface area contributed by atoms with E-state index in [1.54, 1.807) is 7.11 Å². The van der Waals surface area contributed by atoms with Gasteiger partial charge in [-0.2, -0.15) is 0 Å². The first-order chi connectivity index (χ1) is 8.62. The standard InChI is InChI=1S/C15H22O3/c1-15(2)17-13-11(9-16-3)12(14(13)18-15)10-7-5-4-6-8-10/h7,13-14H,4-6,8-9H2,1-3H3. The van der Waals surface area contributed by atoms with Crippen molar-refractivity contribution in [1.82, 2.24) is 0 Å².